The van der Waals surface area contributed by atoms with Gasteiger partial charge in [0.15, 0.2) is 0 Å². The Hall–Kier alpha value is -2.03. The Bertz CT molecular complexity index is 648. The highest BCUT2D eigenvalue weighted by molar-refractivity contribution is 7.92. The number of aromatic amines is 1. The maximum atomic E-state index is 12.3. The van der Waals surface area contributed by atoms with Crippen molar-refractivity contribution in [3.63, 3.8) is 0 Å². The minimum Gasteiger partial charge on any atom is -0.264 e. The van der Waals surface area contributed by atoms with Crippen LogP contribution >= 0.6 is 0 Å². The Morgan fingerprint density at radius 1 is 1.11 bits per heavy atom. The van der Waals surface area contributed by atoms with Crippen molar-refractivity contribution in [3.05, 3.63) is 42.1 Å². The topological polar surface area (TPSA) is 74.8 Å². The zero-order valence-corrected chi connectivity index (χ0v) is 10.1. The number of alkyl halides is 3. The van der Waals surface area contributed by atoms with Crippen molar-refractivity contribution in [2.24, 2.45) is 0 Å². The Balaban J connectivity index is 2.27. The van der Waals surface area contributed by atoms with Crippen LogP contribution in [-0.4, -0.2) is 18.6 Å². The van der Waals surface area contributed by atoms with Gasteiger partial charge in [-0.1, -0.05) is 0 Å². The number of rotatable bonds is 3. The van der Waals surface area contributed by atoms with Gasteiger partial charge in [0.1, 0.15) is 5.82 Å². The summed E-state index contributed by atoms with van der Waals surface area (Å²) in [4.78, 5) is -0.268. The van der Waals surface area contributed by atoms with Gasteiger partial charge >= 0.3 is 6.18 Å². The molecule has 0 radical (unpaired) electrons. The molecule has 0 saturated carbocycles. The average Bonchev–Trinajstić information content (AvgIpc) is 2.80. The normalized spacial score (nSPS) is 12.4. The zero-order chi connectivity index (χ0) is 14.1. The van der Waals surface area contributed by atoms with E-state index < -0.39 is 21.8 Å². The first-order valence-electron chi connectivity index (χ1n) is 4.98. The van der Waals surface area contributed by atoms with Gasteiger partial charge in [0, 0.05) is 6.07 Å². The van der Waals surface area contributed by atoms with E-state index in [1.54, 1.807) is 0 Å². The van der Waals surface area contributed by atoms with Gasteiger partial charge in [0.25, 0.3) is 10.0 Å². The molecule has 0 fully saturated rings. The second-order valence-corrected chi connectivity index (χ2v) is 5.28. The quantitative estimate of drug-likeness (QED) is 0.910. The number of benzene rings is 1. The SMILES string of the molecule is O=S(=O)(Nc1ccn[nH]1)c1ccc(C(F)(F)F)cc1. The summed E-state index contributed by atoms with van der Waals surface area (Å²) in [7, 11) is -3.93. The maximum absolute atomic E-state index is 12.3. The van der Waals surface area contributed by atoms with Gasteiger partial charge in [-0.25, -0.2) is 8.42 Å². The molecule has 102 valence electrons. The van der Waals surface area contributed by atoms with Crippen molar-refractivity contribution in [1.82, 2.24) is 10.2 Å². The smallest absolute Gasteiger partial charge is 0.264 e. The van der Waals surface area contributed by atoms with Crippen LogP contribution in [0.3, 0.4) is 0 Å². The fourth-order valence-corrected chi connectivity index (χ4v) is 2.35. The number of H-pyrrole nitrogens is 1. The van der Waals surface area contributed by atoms with Crippen LogP contribution in [0.25, 0.3) is 0 Å². The first-order chi connectivity index (χ1) is 8.79. The first kappa shape index (κ1) is 13.4. The minimum absolute atomic E-state index is 0.125. The van der Waals surface area contributed by atoms with Crippen molar-refractivity contribution in [2.45, 2.75) is 11.1 Å². The van der Waals surface area contributed by atoms with Crippen LogP contribution < -0.4 is 4.72 Å². The lowest BCUT2D eigenvalue weighted by atomic mass is 10.2. The van der Waals surface area contributed by atoms with Crippen molar-refractivity contribution in [1.29, 1.82) is 0 Å². The van der Waals surface area contributed by atoms with Crippen LogP contribution in [0.5, 0.6) is 0 Å². The van der Waals surface area contributed by atoms with Gasteiger partial charge in [-0.2, -0.15) is 18.3 Å². The Labute approximate surface area is 106 Å². The molecule has 0 atom stereocenters. The predicted octanol–water partition coefficient (Wildman–Crippen LogP) is 2.23. The molecule has 0 saturated heterocycles. The molecule has 0 unspecified atom stereocenters. The van der Waals surface area contributed by atoms with Crippen LogP contribution in [0, 0.1) is 0 Å². The maximum Gasteiger partial charge on any atom is 0.416 e. The molecule has 0 spiro atoms. The average molecular weight is 291 g/mol. The first-order valence-corrected chi connectivity index (χ1v) is 6.47. The summed E-state index contributed by atoms with van der Waals surface area (Å²) in [6, 6.07) is 4.58. The third-order valence-electron chi connectivity index (χ3n) is 2.24. The molecule has 0 amide bonds. The molecule has 0 bridgehead atoms. The van der Waals surface area contributed by atoms with Gasteiger partial charge < -0.3 is 0 Å². The molecule has 2 N–H and O–H groups in total. The van der Waals surface area contributed by atoms with Crippen LogP contribution in [0.15, 0.2) is 41.4 Å². The van der Waals surface area contributed by atoms with E-state index in [2.05, 4.69) is 14.9 Å². The Kier molecular flexibility index (Phi) is 3.23. The van der Waals surface area contributed by atoms with Crippen LogP contribution in [0.4, 0.5) is 19.0 Å². The lowest BCUT2D eigenvalue weighted by Gasteiger charge is -2.08. The number of anilines is 1. The molecule has 2 rings (SSSR count). The number of hydrogen-bond acceptors (Lipinski definition) is 3. The lowest BCUT2D eigenvalue weighted by Crippen LogP contribution is -2.14. The van der Waals surface area contributed by atoms with Crippen molar-refractivity contribution in [2.75, 3.05) is 4.72 Å². The fraction of sp³-hybridized carbons (Fsp3) is 0.100. The Morgan fingerprint density at radius 3 is 2.21 bits per heavy atom. The summed E-state index contributed by atoms with van der Waals surface area (Å²) >= 11 is 0. The van der Waals surface area contributed by atoms with Crippen molar-refractivity contribution >= 4 is 15.8 Å². The highest BCUT2D eigenvalue weighted by atomic mass is 32.2. The summed E-state index contributed by atoms with van der Waals surface area (Å²) in [5, 5.41) is 5.92. The van der Waals surface area contributed by atoms with Crippen molar-refractivity contribution in [3.8, 4) is 0 Å². The molecule has 1 aromatic carbocycles. The second-order valence-electron chi connectivity index (χ2n) is 3.60. The monoisotopic (exact) mass is 291 g/mol. The molecule has 0 aliphatic heterocycles. The number of nitrogens with one attached hydrogen (secondary N) is 2. The Morgan fingerprint density at radius 2 is 1.74 bits per heavy atom. The van der Waals surface area contributed by atoms with Gasteiger partial charge in [0.05, 0.1) is 16.7 Å². The summed E-state index contributed by atoms with van der Waals surface area (Å²) in [5.74, 6) is 0.125. The number of nitrogens with zero attached hydrogens (tertiary/aromatic N) is 1. The molecule has 2 aromatic rings. The molecule has 0 aliphatic rings. The zero-order valence-electron chi connectivity index (χ0n) is 9.27. The molecular formula is C10H8F3N3O2S. The third kappa shape index (κ3) is 3.05. The van der Waals surface area contributed by atoms with E-state index in [0.29, 0.717) is 12.1 Å². The van der Waals surface area contributed by atoms with Crippen LogP contribution in [0.1, 0.15) is 5.56 Å². The molecule has 9 heteroatoms. The molecular weight excluding hydrogens is 283 g/mol. The number of aromatic nitrogens is 2. The van der Waals surface area contributed by atoms with E-state index in [-0.39, 0.29) is 10.7 Å². The molecule has 19 heavy (non-hydrogen) atoms. The highest BCUT2D eigenvalue weighted by Gasteiger charge is 2.30. The second kappa shape index (κ2) is 4.57. The van der Waals surface area contributed by atoms with E-state index in [1.807, 2.05) is 0 Å². The number of hydrogen-bond donors (Lipinski definition) is 2. The fourth-order valence-electron chi connectivity index (χ4n) is 1.34. The third-order valence-corrected chi connectivity index (χ3v) is 3.62. The molecule has 5 nitrogen and oxygen atoms in total. The summed E-state index contributed by atoms with van der Waals surface area (Å²) in [6.45, 7) is 0. The highest BCUT2D eigenvalue weighted by Crippen LogP contribution is 2.29. The van der Waals surface area contributed by atoms with Crippen molar-refractivity contribution < 1.29 is 21.6 Å². The molecule has 1 heterocycles. The van der Waals surface area contributed by atoms with E-state index in [0.717, 1.165) is 12.1 Å². The number of halogens is 3. The predicted molar refractivity (Wildman–Crippen MR) is 60.8 cm³/mol. The summed E-state index contributed by atoms with van der Waals surface area (Å²) in [6.07, 6.45) is -3.16. The molecule has 1 aromatic heterocycles. The largest absolute Gasteiger partial charge is 0.416 e. The van der Waals surface area contributed by atoms with Gasteiger partial charge in [-0.15, -0.1) is 0 Å². The van der Waals surface area contributed by atoms with Crippen LogP contribution in [0.2, 0.25) is 0 Å². The van der Waals surface area contributed by atoms with E-state index in [9.17, 15) is 21.6 Å². The number of sulfonamides is 1. The standard InChI is InChI=1S/C10H8F3N3O2S/c11-10(12,13)7-1-3-8(4-2-7)19(17,18)16-9-5-6-14-15-9/h1-6H,(H2,14,15,16). The lowest BCUT2D eigenvalue weighted by molar-refractivity contribution is -0.137. The van der Waals surface area contributed by atoms with E-state index >= 15 is 0 Å². The van der Waals surface area contributed by atoms with Crippen LogP contribution in [-0.2, 0) is 16.2 Å². The van der Waals surface area contributed by atoms with E-state index in [1.165, 1.54) is 12.3 Å². The van der Waals surface area contributed by atoms with Gasteiger partial charge in [0.2, 0.25) is 0 Å². The summed E-state index contributed by atoms with van der Waals surface area (Å²) < 4.78 is 62.8. The molecule has 0 aliphatic carbocycles. The minimum atomic E-state index is -4.50. The van der Waals surface area contributed by atoms with E-state index in [4.69, 9.17) is 0 Å². The summed E-state index contributed by atoms with van der Waals surface area (Å²) in [5.41, 5.74) is -0.909. The van der Waals surface area contributed by atoms with Gasteiger partial charge in [-0.3, -0.25) is 9.82 Å². The van der Waals surface area contributed by atoms with Gasteiger partial charge in [-0.05, 0) is 24.3 Å².